The van der Waals surface area contributed by atoms with Crippen LogP contribution < -0.4 is 15.4 Å². The summed E-state index contributed by atoms with van der Waals surface area (Å²) in [6, 6.07) is 37.7. The lowest BCUT2D eigenvalue weighted by Crippen LogP contribution is -2.45. The molecular formula is C35H40N2O2. The number of rotatable bonds is 13. The second kappa shape index (κ2) is 13.8. The molecule has 1 amide bonds. The van der Waals surface area contributed by atoms with Gasteiger partial charge in [-0.15, -0.1) is 0 Å². The van der Waals surface area contributed by atoms with Gasteiger partial charge >= 0.3 is 0 Å². The molecule has 2 N–H and O–H groups in total. The molecule has 202 valence electrons. The molecule has 0 spiro atoms. The molecule has 0 aliphatic carbocycles. The molecule has 4 nitrogen and oxygen atoms in total. The van der Waals surface area contributed by atoms with Gasteiger partial charge in [-0.05, 0) is 72.3 Å². The summed E-state index contributed by atoms with van der Waals surface area (Å²) in [6.07, 6.45) is 3.75. The van der Waals surface area contributed by atoms with E-state index in [4.69, 9.17) is 4.74 Å². The Morgan fingerprint density at radius 3 is 1.87 bits per heavy atom. The van der Waals surface area contributed by atoms with Crippen LogP contribution in [-0.4, -0.2) is 19.6 Å². The Morgan fingerprint density at radius 2 is 1.33 bits per heavy atom. The van der Waals surface area contributed by atoms with E-state index in [9.17, 15) is 4.79 Å². The Morgan fingerprint density at radius 1 is 0.769 bits per heavy atom. The van der Waals surface area contributed by atoms with Gasteiger partial charge in [0.25, 0.3) is 0 Å². The number of nitrogens with one attached hydrogen (secondary N) is 2. The van der Waals surface area contributed by atoms with E-state index in [-0.39, 0.29) is 11.8 Å². The van der Waals surface area contributed by atoms with Crippen LogP contribution in [0.2, 0.25) is 0 Å². The van der Waals surface area contributed by atoms with Crippen LogP contribution in [0.4, 0.5) is 5.69 Å². The highest BCUT2D eigenvalue weighted by molar-refractivity contribution is 5.92. The molecule has 0 aliphatic rings. The molecule has 0 radical (unpaired) electrons. The largest absolute Gasteiger partial charge is 0.497 e. The predicted molar refractivity (Wildman–Crippen MR) is 161 cm³/mol. The average molecular weight is 521 g/mol. The first-order valence-electron chi connectivity index (χ1n) is 14.0. The zero-order valence-corrected chi connectivity index (χ0v) is 23.3. The Balaban J connectivity index is 1.45. The van der Waals surface area contributed by atoms with Gasteiger partial charge in [-0.1, -0.05) is 105 Å². The maximum atomic E-state index is 12.8. The first-order valence-corrected chi connectivity index (χ1v) is 14.0. The monoisotopic (exact) mass is 520 g/mol. The van der Waals surface area contributed by atoms with E-state index in [0.717, 1.165) is 49.2 Å². The number of aryl methyl sites for hydroxylation is 1. The summed E-state index contributed by atoms with van der Waals surface area (Å²) in [5.74, 6) is 0.862. The minimum absolute atomic E-state index is 0.0505. The minimum atomic E-state index is -0.511. The van der Waals surface area contributed by atoms with Crippen LogP contribution in [0.1, 0.15) is 55.4 Å². The normalized spacial score (nSPS) is 12.1. The molecule has 39 heavy (non-hydrogen) atoms. The first-order chi connectivity index (χ1) is 19.1. The second-order valence-corrected chi connectivity index (χ2v) is 10.1. The number of carbonyl (C=O) groups excluding carboxylic acids is 1. The fourth-order valence-corrected chi connectivity index (χ4v) is 5.10. The van der Waals surface area contributed by atoms with Crippen LogP contribution in [0.25, 0.3) is 0 Å². The summed E-state index contributed by atoms with van der Waals surface area (Å²) >= 11 is 0. The Hall–Kier alpha value is -3.89. The van der Waals surface area contributed by atoms with Crippen molar-refractivity contribution in [2.24, 2.45) is 5.92 Å². The number of amides is 1. The molecule has 4 heteroatoms. The van der Waals surface area contributed by atoms with Crippen LogP contribution >= 0.6 is 0 Å². The lowest BCUT2D eigenvalue weighted by molar-refractivity contribution is -0.119. The molecule has 0 aromatic heterocycles. The molecule has 0 unspecified atom stereocenters. The molecule has 0 aliphatic heterocycles. The van der Waals surface area contributed by atoms with Crippen molar-refractivity contribution >= 4 is 11.6 Å². The highest BCUT2D eigenvalue weighted by atomic mass is 16.5. The average Bonchev–Trinajstić information content (AvgIpc) is 3.00. The molecule has 4 aromatic rings. The summed E-state index contributed by atoms with van der Waals surface area (Å²) in [5, 5.41) is 7.00. The zero-order chi connectivity index (χ0) is 27.5. The lowest BCUT2D eigenvalue weighted by Gasteiger charge is -2.37. The Labute approximate surface area is 233 Å². The maximum Gasteiger partial charge on any atom is 0.227 e. The lowest BCUT2D eigenvalue weighted by atomic mass is 9.77. The van der Waals surface area contributed by atoms with E-state index in [1.165, 1.54) is 16.7 Å². The molecule has 0 saturated carbocycles. The number of ether oxygens (including phenoxy) is 1. The van der Waals surface area contributed by atoms with Crippen LogP contribution in [-0.2, 0) is 16.8 Å². The van der Waals surface area contributed by atoms with E-state index in [0.29, 0.717) is 0 Å². The van der Waals surface area contributed by atoms with Gasteiger partial charge in [0.2, 0.25) is 5.91 Å². The summed E-state index contributed by atoms with van der Waals surface area (Å²) in [4.78, 5) is 12.8. The van der Waals surface area contributed by atoms with E-state index in [2.05, 4.69) is 102 Å². The standard InChI is InChI=1S/C35H40N2O2/c1-4-28-18-22-32(23-19-28)37-34(38)27(2)13-11-12-26-36-35(29-14-7-5-8-15-29,30-16-9-6-10-17-30)31-20-24-33(39-3)25-21-31/h5-10,14-25,27,36H,4,11-13,26H2,1-3H3,(H,37,38)/t27-/m0/s1. The summed E-state index contributed by atoms with van der Waals surface area (Å²) in [6.45, 7) is 4.95. The molecule has 4 aromatic carbocycles. The van der Waals surface area contributed by atoms with Crippen molar-refractivity contribution in [2.75, 3.05) is 19.0 Å². The second-order valence-electron chi connectivity index (χ2n) is 10.1. The van der Waals surface area contributed by atoms with Crippen molar-refractivity contribution in [2.45, 2.75) is 45.1 Å². The SMILES string of the molecule is CCc1ccc(NC(=O)[C@@H](C)CCCCNC(c2ccccc2)(c2ccccc2)c2ccc(OC)cc2)cc1. The van der Waals surface area contributed by atoms with Crippen molar-refractivity contribution < 1.29 is 9.53 Å². The minimum Gasteiger partial charge on any atom is -0.497 e. The van der Waals surface area contributed by atoms with Gasteiger partial charge in [-0.2, -0.15) is 0 Å². The van der Waals surface area contributed by atoms with Crippen molar-refractivity contribution in [1.82, 2.24) is 5.32 Å². The number of hydrogen-bond donors (Lipinski definition) is 2. The third kappa shape index (κ3) is 6.96. The third-order valence-electron chi connectivity index (χ3n) is 7.47. The van der Waals surface area contributed by atoms with Gasteiger partial charge < -0.3 is 10.1 Å². The number of anilines is 1. The van der Waals surface area contributed by atoms with Gasteiger partial charge in [0.1, 0.15) is 5.75 Å². The number of unbranched alkanes of at least 4 members (excludes halogenated alkanes) is 1. The van der Waals surface area contributed by atoms with Crippen LogP contribution in [0.3, 0.4) is 0 Å². The van der Waals surface area contributed by atoms with Crippen LogP contribution in [0.15, 0.2) is 109 Å². The van der Waals surface area contributed by atoms with Gasteiger partial charge in [0.15, 0.2) is 0 Å². The number of hydrogen-bond acceptors (Lipinski definition) is 3. The van der Waals surface area contributed by atoms with Gasteiger partial charge in [0.05, 0.1) is 12.6 Å². The molecule has 1 atom stereocenters. The van der Waals surface area contributed by atoms with E-state index >= 15 is 0 Å². The van der Waals surface area contributed by atoms with Crippen LogP contribution in [0.5, 0.6) is 5.75 Å². The topological polar surface area (TPSA) is 50.4 Å². The molecule has 0 fully saturated rings. The highest BCUT2D eigenvalue weighted by Gasteiger charge is 2.35. The number of benzene rings is 4. The fraction of sp³-hybridized carbons (Fsp3) is 0.286. The highest BCUT2D eigenvalue weighted by Crippen LogP contribution is 2.37. The zero-order valence-electron chi connectivity index (χ0n) is 23.3. The molecule has 0 bridgehead atoms. The van der Waals surface area contributed by atoms with Crippen molar-refractivity contribution in [3.8, 4) is 5.75 Å². The van der Waals surface area contributed by atoms with Crippen molar-refractivity contribution in [3.63, 3.8) is 0 Å². The first kappa shape index (κ1) is 28.1. The third-order valence-corrected chi connectivity index (χ3v) is 7.47. The Bertz CT molecular complexity index is 1250. The molecule has 0 saturated heterocycles. The smallest absolute Gasteiger partial charge is 0.227 e. The van der Waals surface area contributed by atoms with Gasteiger partial charge in [-0.25, -0.2) is 0 Å². The molecular weight excluding hydrogens is 480 g/mol. The fourth-order valence-electron chi connectivity index (χ4n) is 5.10. The summed E-state index contributed by atoms with van der Waals surface area (Å²) in [7, 11) is 1.69. The van der Waals surface area contributed by atoms with Gasteiger partial charge in [0, 0.05) is 11.6 Å². The summed E-state index contributed by atoms with van der Waals surface area (Å²) < 4.78 is 5.44. The number of methoxy groups -OCH3 is 1. The quantitative estimate of drug-likeness (QED) is 0.141. The summed E-state index contributed by atoms with van der Waals surface area (Å²) in [5.41, 5.74) is 5.14. The van der Waals surface area contributed by atoms with Gasteiger partial charge in [-0.3, -0.25) is 10.1 Å². The molecule has 0 heterocycles. The van der Waals surface area contributed by atoms with Crippen molar-refractivity contribution in [3.05, 3.63) is 131 Å². The van der Waals surface area contributed by atoms with Crippen molar-refractivity contribution in [1.29, 1.82) is 0 Å². The Kier molecular flexibility index (Phi) is 9.93. The number of carbonyl (C=O) groups is 1. The van der Waals surface area contributed by atoms with E-state index < -0.39 is 5.54 Å². The molecule has 4 rings (SSSR count). The maximum absolute atomic E-state index is 12.8. The van der Waals surface area contributed by atoms with E-state index in [1.807, 2.05) is 31.2 Å². The predicted octanol–water partition coefficient (Wildman–Crippen LogP) is 7.58. The van der Waals surface area contributed by atoms with Crippen LogP contribution in [0, 0.1) is 5.92 Å². The van der Waals surface area contributed by atoms with E-state index in [1.54, 1.807) is 7.11 Å².